The SMILES string of the molecule is Cc1cc2cc(NC(=O)C=Cc3cnn(C)c3)ccc2[nH]1. The van der Waals surface area contributed by atoms with Gasteiger partial charge in [0.2, 0.25) is 5.91 Å². The van der Waals surface area contributed by atoms with Crippen LogP contribution in [-0.2, 0) is 11.8 Å². The molecule has 0 aliphatic rings. The van der Waals surface area contributed by atoms with Crippen molar-refractivity contribution in [1.29, 1.82) is 0 Å². The fourth-order valence-electron chi connectivity index (χ4n) is 2.24. The summed E-state index contributed by atoms with van der Waals surface area (Å²) in [5, 5.41) is 7.98. The normalized spacial score (nSPS) is 11.3. The van der Waals surface area contributed by atoms with E-state index in [-0.39, 0.29) is 5.91 Å². The van der Waals surface area contributed by atoms with Crippen molar-refractivity contribution >= 4 is 28.6 Å². The van der Waals surface area contributed by atoms with Crippen LogP contribution in [0, 0.1) is 6.92 Å². The van der Waals surface area contributed by atoms with Crippen molar-refractivity contribution in [3.05, 3.63) is 54.0 Å². The zero-order valence-electron chi connectivity index (χ0n) is 11.9. The Morgan fingerprint density at radius 1 is 1.38 bits per heavy atom. The van der Waals surface area contributed by atoms with E-state index < -0.39 is 0 Å². The van der Waals surface area contributed by atoms with E-state index in [1.807, 2.05) is 38.4 Å². The molecule has 5 heteroatoms. The molecule has 0 radical (unpaired) electrons. The third-order valence-electron chi connectivity index (χ3n) is 3.17. The van der Waals surface area contributed by atoms with Crippen molar-refractivity contribution in [2.75, 3.05) is 5.32 Å². The number of carbonyl (C=O) groups excluding carboxylic acids is 1. The summed E-state index contributed by atoms with van der Waals surface area (Å²) in [6, 6.07) is 7.85. The average molecular weight is 280 g/mol. The van der Waals surface area contributed by atoms with Crippen molar-refractivity contribution in [3.63, 3.8) is 0 Å². The highest BCUT2D eigenvalue weighted by Crippen LogP contribution is 2.19. The molecule has 0 spiro atoms. The molecule has 2 heterocycles. The lowest BCUT2D eigenvalue weighted by atomic mass is 10.2. The first-order chi connectivity index (χ1) is 10.1. The first-order valence-electron chi connectivity index (χ1n) is 6.67. The molecule has 0 fully saturated rings. The maximum Gasteiger partial charge on any atom is 0.248 e. The summed E-state index contributed by atoms with van der Waals surface area (Å²) in [4.78, 5) is 15.2. The summed E-state index contributed by atoms with van der Waals surface area (Å²) in [6.45, 7) is 2.01. The minimum Gasteiger partial charge on any atom is -0.359 e. The number of benzene rings is 1. The van der Waals surface area contributed by atoms with Crippen LogP contribution in [0.3, 0.4) is 0 Å². The van der Waals surface area contributed by atoms with Crippen LogP contribution < -0.4 is 5.32 Å². The van der Waals surface area contributed by atoms with Crippen LogP contribution >= 0.6 is 0 Å². The molecule has 106 valence electrons. The average Bonchev–Trinajstić information content (AvgIpc) is 3.01. The van der Waals surface area contributed by atoms with Gasteiger partial charge in [0.05, 0.1) is 6.20 Å². The Labute approximate surface area is 122 Å². The first-order valence-corrected chi connectivity index (χ1v) is 6.67. The summed E-state index contributed by atoms with van der Waals surface area (Å²) >= 11 is 0. The smallest absolute Gasteiger partial charge is 0.248 e. The summed E-state index contributed by atoms with van der Waals surface area (Å²) in [6.07, 6.45) is 6.79. The number of aryl methyl sites for hydroxylation is 2. The highest BCUT2D eigenvalue weighted by atomic mass is 16.1. The maximum atomic E-state index is 11.9. The minimum atomic E-state index is -0.162. The van der Waals surface area contributed by atoms with Crippen molar-refractivity contribution in [1.82, 2.24) is 14.8 Å². The van der Waals surface area contributed by atoms with Gasteiger partial charge in [-0.3, -0.25) is 9.48 Å². The van der Waals surface area contributed by atoms with Crippen LogP contribution in [0.1, 0.15) is 11.3 Å². The second-order valence-corrected chi connectivity index (χ2v) is 5.02. The van der Waals surface area contributed by atoms with Crippen LogP contribution in [0.2, 0.25) is 0 Å². The molecule has 3 rings (SSSR count). The molecule has 0 unspecified atom stereocenters. The fraction of sp³-hybridized carbons (Fsp3) is 0.125. The van der Waals surface area contributed by atoms with E-state index in [0.717, 1.165) is 27.8 Å². The van der Waals surface area contributed by atoms with Crippen LogP contribution in [0.25, 0.3) is 17.0 Å². The third-order valence-corrected chi connectivity index (χ3v) is 3.17. The summed E-state index contributed by atoms with van der Waals surface area (Å²) in [5.74, 6) is -0.162. The lowest BCUT2D eigenvalue weighted by Crippen LogP contribution is -2.07. The van der Waals surface area contributed by atoms with Crippen LogP contribution in [0.5, 0.6) is 0 Å². The van der Waals surface area contributed by atoms with Crippen LogP contribution in [0.15, 0.2) is 42.7 Å². The van der Waals surface area contributed by atoms with Gasteiger partial charge in [-0.2, -0.15) is 5.10 Å². The summed E-state index contributed by atoms with van der Waals surface area (Å²) in [5.41, 5.74) is 3.84. The number of H-pyrrole nitrogens is 1. The Kier molecular flexibility index (Phi) is 3.31. The van der Waals surface area contributed by atoms with Gasteiger partial charge in [-0.05, 0) is 37.3 Å². The van der Waals surface area contributed by atoms with Crippen LogP contribution in [0.4, 0.5) is 5.69 Å². The molecule has 0 saturated heterocycles. The molecule has 0 aliphatic heterocycles. The van der Waals surface area contributed by atoms with Crippen molar-refractivity contribution in [2.45, 2.75) is 6.92 Å². The Bertz CT molecular complexity index is 826. The molecule has 2 N–H and O–H groups in total. The predicted molar refractivity (Wildman–Crippen MR) is 83.9 cm³/mol. The molecular weight excluding hydrogens is 264 g/mol. The monoisotopic (exact) mass is 280 g/mol. The molecule has 0 bridgehead atoms. The van der Waals surface area contributed by atoms with Gasteiger partial charge in [-0.25, -0.2) is 0 Å². The van der Waals surface area contributed by atoms with Crippen molar-refractivity contribution < 1.29 is 4.79 Å². The zero-order chi connectivity index (χ0) is 14.8. The number of rotatable bonds is 3. The van der Waals surface area contributed by atoms with Crippen molar-refractivity contribution in [2.24, 2.45) is 7.05 Å². The number of hydrogen-bond donors (Lipinski definition) is 2. The highest BCUT2D eigenvalue weighted by Gasteiger charge is 2.02. The number of aromatic nitrogens is 3. The number of carbonyl (C=O) groups is 1. The molecule has 1 aromatic carbocycles. The molecule has 2 aromatic heterocycles. The Morgan fingerprint density at radius 3 is 3.00 bits per heavy atom. The zero-order valence-corrected chi connectivity index (χ0v) is 11.9. The van der Waals surface area contributed by atoms with Gasteiger partial charge in [0.25, 0.3) is 0 Å². The van der Waals surface area contributed by atoms with Gasteiger partial charge >= 0.3 is 0 Å². The van der Waals surface area contributed by atoms with Gasteiger partial charge < -0.3 is 10.3 Å². The molecule has 3 aromatic rings. The van der Waals surface area contributed by atoms with E-state index in [1.54, 1.807) is 17.0 Å². The van der Waals surface area contributed by atoms with Gasteiger partial charge in [0.1, 0.15) is 0 Å². The topological polar surface area (TPSA) is 62.7 Å². The Morgan fingerprint density at radius 2 is 2.24 bits per heavy atom. The molecular formula is C16H16N4O. The standard InChI is InChI=1S/C16H16N4O/c1-11-7-13-8-14(4-5-15(13)18-11)19-16(21)6-3-12-9-17-20(2)10-12/h3-10,18H,1-2H3,(H,19,21). The van der Waals surface area contributed by atoms with Gasteiger partial charge in [0.15, 0.2) is 0 Å². The third kappa shape index (κ3) is 3.02. The van der Waals surface area contributed by atoms with Crippen molar-refractivity contribution in [3.8, 4) is 0 Å². The molecule has 0 atom stereocenters. The van der Waals surface area contributed by atoms with E-state index in [2.05, 4.69) is 21.5 Å². The highest BCUT2D eigenvalue weighted by molar-refractivity contribution is 6.02. The largest absolute Gasteiger partial charge is 0.359 e. The summed E-state index contributed by atoms with van der Waals surface area (Å²) in [7, 11) is 1.84. The Hall–Kier alpha value is -2.82. The number of hydrogen-bond acceptors (Lipinski definition) is 2. The molecule has 5 nitrogen and oxygen atoms in total. The fourth-order valence-corrected chi connectivity index (χ4v) is 2.24. The van der Waals surface area contributed by atoms with E-state index >= 15 is 0 Å². The maximum absolute atomic E-state index is 11.9. The lowest BCUT2D eigenvalue weighted by molar-refractivity contribution is -0.111. The Balaban J connectivity index is 1.72. The number of nitrogens with zero attached hydrogens (tertiary/aromatic N) is 2. The minimum absolute atomic E-state index is 0.162. The van der Waals surface area contributed by atoms with Crippen LogP contribution in [-0.4, -0.2) is 20.7 Å². The van der Waals surface area contributed by atoms with E-state index in [9.17, 15) is 4.79 Å². The lowest BCUT2D eigenvalue weighted by Gasteiger charge is -2.01. The van der Waals surface area contributed by atoms with Gasteiger partial charge in [-0.15, -0.1) is 0 Å². The molecule has 0 aliphatic carbocycles. The molecule has 1 amide bonds. The number of amides is 1. The second kappa shape index (κ2) is 5.28. The number of nitrogens with one attached hydrogen (secondary N) is 2. The molecule has 0 saturated carbocycles. The first kappa shape index (κ1) is 13.2. The molecule has 21 heavy (non-hydrogen) atoms. The van der Waals surface area contributed by atoms with E-state index in [4.69, 9.17) is 0 Å². The number of fused-ring (bicyclic) bond motifs is 1. The second-order valence-electron chi connectivity index (χ2n) is 5.02. The number of aromatic amines is 1. The van der Waals surface area contributed by atoms with E-state index in [0.29, 0.717) is 0 Å². The van der Waals surface area contributed by atoms with Gasteiger partial charge in [0, 0.05) is 47.2 Å². The number of anilines is 1. The quantitative estimate of drug-likeness (QED) is 0.725. The summed E-state index contributed by atoms with van der Waals surface area (Å²) < 4.78 is 1.69. The predicted octanol–water partition coefficient (Wildman–Crippen LogP) is 2.86. The van der Waals surface area contributed by atoms with Gasteiger partial charge in [-0.1, -0.05) is 0 Å². The van der Waals surface area contributed by atoms with E-state index in [1.165, 1.54) is 6.08 Å².